The van der Waals surface area contributed by atoms with Gasteiger partial charge in [-0.1, -0.05) is 25.4 Å². The van der Waals surface area contributed by atoms with Crippen molar-refractivity contribution in [2.75, 3.05) is 6.54 Å². The van der Waals surface area contributed by atoms with Crippen LogP contribution >= 0.6 is 11.6 Å². The Morgan fingerprint density at radius 1 is 1.57 bits per heavy atom. The lowest BCUT2D eigenvalue weighted by Gasteiger charge is -2.04. The minimum Gasteiger partial charge on any atom is -0.330 e. The largest absolute Gasteiger partial charge is 0.330 e. The van der Waals surface area contributed by atoms with Crippen LogP contribution in [-0.4, -0.2) is 11.5 Å². The van der Waals surface area contributed by atoms with Crippen LogP contribution in [0, 0.1) is 11.3 Å². The smallest absolute Gasteiger partial charge is 0.0624 e. The molecule has 2 N–H and O–H groups in total. The second-order valence-corrected chi connectivity index (χ2v) is 4.95. The summed E-state index contributed by atoms with van der Waals surface area (Å²) >= 11 is 6.11. The molecule has 1 aromatic rings. The van der Waals surface area contributed by atoms with Gasteiger partial charge >= 0.3 is 0 Å². The monoisotopic (exact) mass is 210 g/mol. The van der Waals surface area contributed by atoms with E-state index in [9.17, 15) is 0 Å². The molecule has 1 heterocycles. The molecule has 3 heteroatoms. The van der Waals surface area contributed by atoms with E-state index in [0.717, 1.165) is 11.6 Å². The van der Waals surface area contributed by atoms with E-state index in [-0.39, 0.29) is 0 Å². The first-order chi connectivity index (χ1) is 6.59. The van der Waals surface area contributed by atoms with Gasteiger partial charge in [0.1, 0.15) is 0 Å². The highest BCUT2D eigenvalue weighted by Gasteiger charge is 2.57. The summed E-state index contributed by atoms with van der Waals surface area (Å²) in [6, 6.07) is 2.00. The molecular weight excluding hydrogens is 196 g/mol. The van der Waals surface area contributed by atoms with Crippen LogP contribution in [0.25, 0.3) is 0 Å². The summed E-state index contributed by atoms with van der Waals surface area (Å²) in [5.74, 6) is 1.06. The molecule has 0 spiro atoms. The number of hydrogen-bond donors (Lipinski definition) is 1. The number of nitrogens with two attached hydrogens (primary N) is 1. The fraction of sp³-hybridized carbons (Fsp3) is 0.545. The van der Waals surface area contributed by atoms with E-state index in [2.05, 4.69) is 18.8 Å². The number of aromatic nitrogens is 1. The van der Waals surface area contributed by atoms with E-state index in [0.29, 0.717) is 17.3 Å². The van der Waals surface area contributed by atoms with Crippen LogP contribution in [-0.2, 0) is 0 Å². The van der Waals surface area contributed by atoms with Gasteiger partial charge in [-0.25, -0.2) is 0 Å². The van der Waals surface area contributed by atoms with Gasteiger partial charge in [0.25, 0.3) is 0 Å². The zero-order valence-electron chi connectivity index (χ0n) is 8.50. The fourth-order valence-electron chi connectivity index (χ4n) is 2.44. The van der Waals surface area contributed by atoms with Crippen molar-refractivity contribution in [2.24, 2.45) is 17.1 Å². The van der Waals surface area contributed by atoms with Crippen LogP contribution in [0.4, 0.5) is 0 Å². The highest BCUT2D eigenvalue weighted by atomic mass is 35.5. The SMILES string of the molecule is CC1(C)[C@H](CN)[C@H]1c1ccncc1Cl. The Morgan fingerprint density at radius 3 is 2.79 bits per heavy atom. The molecule has 0 radical (unpaired) electrons. The minimum atomic E-state index is 0.291. The molecule has 76 valence electrons. The Bertz CT molecular complexity index is 349. The van der Waals surface area contributed by atoms with Gasteiger partial charge < -0.3 is 5.73 Å². The normalized spacial score (nSPS) is 28.9. The first-order valence-corrected chi connectivity index (χ1v) is 5.26. The van der Waals surface area contributed by atoms with Crippen LogP contribution in [0.3, 0.4) is 0 Å². The third kappa shape index (κ3) is 1.33. The first-order valence-electron chi connectivity index (χ1n) is 4.88. The number of hydrogen-bond acceptors (Lipinski definition) is 2. The van der Waals surface area contributed by atoms with Crippen LogP contribution in [0.2, 0.25) is 5.02 Å². The first kappa shape index (κ1) is 9.94. The van der Waals surface area contributed by atoms with E-state index in [4.69, 9.17) is 17.3 Å². The van der Waals surface area contributed by atoms with Crippen molar-refractivity contribution in [1.29, 1.82) is 0 Å². The average Bonchev–Trinajstić information content (AvgIpc) is 2.69. The van der Waals surface area contributed by atoms with Crippen molar-refractivity contribution >= 4 is 11.6 Å². The van der Waals surface area contributed by atoms with Crippen molar-refractivity contribution in [2.45, 2.75) is 19.8 Å². The van der Waals surface area contributed by atoms with E-state index < -0.39 is 0 Å². The second-order valence-electron chi connectivity index (χ2n) is 4.54. The second kappa shape index (κ2) is 3.21. The van der Waals surface area contributed by atoms with E-state index in [1.165, 1.54) is 5.56 Å². The summed E-state index contributed by atoms with van der Waals surface area (Å²) in [5.41, 5.74) is 7.22. The van der Waals surface area contributed by atoms with Crippen LogP contribution in [0.15, 0.2) is 18.5 Å². The number of halogens is 1. The van der Waals surface area contributed by atoms with Gasteiger partial charge in [-0.15, -0.1) is 0 Å². The van der Waals surface area contributed by atoms with E-state index >= 15 is 0 Å². The molecule has 1 fully saturated rings. The Morgan fingerprint density at radius 2 is 2.29 bits per heavy atom. The quantitative estimate of drug-likeness (QED) is 0.815. The number of pyridine rings is 1. The minimum absolute atomic E-state index is 0.291. The van der Waals surface area contributed by atoms with Crippen molar-refractivity contribution in [3.05, 3.63) is 29.0 Å². The molecule has 2 atom stereocenters. The summed E-state index contributed by atoms with van der Waals surface area (Å²) in [6.45, 7) is 5.22. The van der Waals surface area contributed by atoms with Crippen molar-refractivity contribution in [3.63, 3.8) is 0 Å². The van der Waals surface area contributed by atoms with Crippen molar-refractivity contribution in [3.8, 4) is 0 Å². The van der Waals surface area contributed by atoms with Crippen LogP contribution in [0.5, 0.6) is 0 Å². The maximum Gasteiger partial charge on any atom is 0.0624 e. The summed E-state index contributed by atoms with van der Waals surface area (Å²) < 4.78 is 0. The van der Waals surface area contributed by atoms with Gasteiger partial charge in [0.05, 0.1) is 5.02 Å². The number of nitrogens with zero attached hydrogens (tertiary/aromatic N) is 1. The molecule has 2 rings (SSSR count). The predicted octanol–water partition coefficient (Wildman–Crippen LogP) is 2.43. The van der Waals surface area contributed by atoms with Gasteiger partial charge in [0.2, 0.25) is 0 Å². The molecule has 0 aliphatic heterocycles. The lowest BCUT2D eigenvalue weighted by Crippen LogP contribution is -2.05. The Kier molecular flexibility index (Phi) is 2.28. The van der Waals surface area contributed by atoms with E-state index in [1.54, 1.807) is 12.4 Å². The molecule has 0 saturated heterocycles. The molecule has 0 unspecified atom stereocenters. The Labute approximate surface area is 89.5 Å². The molecule has 1 aliphatic carbocycles. The molecule has 1 aliphatic rings. The molecule has 0 amide bonds. The number of rotatable bonds is 2. The maximum atomic E-state index is 6.11. The maximum absolute atomic E-state index is 6.11. The highest BCUT2D eigenvalue weighted by Crippen LogP contribution is 2.64. The fourth-order valence-corrected chi connectivity index (χ4v) is 2.68. The molecule has 1 aromatic heterocycles. The summed E-state index contributed by atoms with van der Waals surface area (Å²) in [6.07, 6.45) is 3.50. The van der Waals surface area contributed by atoms with Crippen LogP contribution in [0.1, 0.15) is 25.3 Å². The zero-order valence-corrected chi connectivity index (χ0v) is 9.25. The molecule has 2 nitrogen and oxygen atoms in total. The topological polar surface area (TPSA) is 38.9 Å². The van der Waals surface area contributed by atoms with Crippen LogP contribution < -0.4 is 5.73 Å². The van der Waals surface area contributed by atoms with Gasteiger partial charge in [-0.05, 0) is 35.4 Å². The third-order valence-corrected chi connectivity index (χ3v) is 3.76. The average molecular weight is 211 g/mol. The third-order valence-electron chi connectivity index (χ3n) is 3.44. The molecule has 0 aromatic carbocycles. The molecule has 14 heavy (non-hydrogen) atoms. The molecule has 1 saturated carbocycles. The lowest BCUT2D eigenvalue weighted by atomic mass is 10.0. The van der Waals surface area contributed by atoms with Gasteiger partial charge in [-0.3, -0.25) is 4.98 Å². The standard InChI is InChI=1S/C11H15ClN2/c1-11(2)8(5-13)10(11)7-3-4-14-6-9(7)12/h3-4,6,8,10H,5,13H2,1-2H3/t8-,10-/m1/s1. The van der Waals surface area contributed by atoms with Gasteiger partial charge in [-0.2, -0.15) is 0 Å². The molecular formula is C11H15ClN2. The van der Waals surface area contributed by atoms with Gasteiger partial charge in [0.15, 0.2) is 0 Å². The van der Waals surface area contributed by atoms with Gasteiger partial charge in [0, 0.05) is 12.4 Å². The Balaban J connectivity index is 2.31. The summed E-state index contributed by atoms with van der Waals surface area (Å²) in [5, 5.41) is 0.765. The van der Waals surface area contributed by atoms with E-state index in [1.807, 2.05) is 6.07 Å². The summed E-state index contributed by atoms with van der Waals surface area (Å²) in [4.78, 5) is 3.99. The van der Waals surface area contributed by atoms with Crippen molar-refractivity contribution < 1.29 is 0 Å². The lowest BCUT2D eigenvalue weighted by molar-refractivity contribution is 0.558. The predicted molar refractivity (Wildman–Crippen MR) is 58.3 cm³/mol. The molecule has 0 bridgehead atoms. The Hall–Kier alpha value is -0.600. The zero-order chi connectivity index (χ0) is 10.3. The summed E-state index contributed by atoms with van der Waals surface area (Å²) in [7, 11) is 0. The highest BCUT2D eigenvalue weighted by molar-refractivity contribution is 6.31. The van der Waals surface area contributed by atoms with Crippen molar-refractivity contribution in [1.82, 2.24) is 4.98 Å².